The summed E-state index contributed by atoms with van der Waals surface area (Å²) in [4.78, 5) is 37.5. The molecule has 0 saturated heterocycles. The zero-order chi connectivity index (χ0) is 22.2. The van der Waals surface area contributed by atoms with Crippen LogP contribution < -0.4 is 5.32 Å². The van der Waals surface area contributed by atoms with Crippen molar-refractivity contribution < 1.29 is 19.1 Å². The van der Waals surface area contributed by atoms with Crippen LogP contribution in [0.25, 0.3) is 0 Å². The maximum absolute atomic E-state index is 13.0. The molecular weight excluding hydrogens is 437 g/mol. The van der Waals surface area contributed by atoms with E-state index < -0.39 is 12.1 Å². The first kappa shape index (κ1) is 22.5. The van der Waals surface area contributed by atoms with Crippen LogP contribution in [0, 0.1) is 0 Å². The van der Waals surface area contributed by atoms with Crippen molar-refractivity contribution in [2.75, 3.05) is 5.32 Å². The molecule has 0 aliphatic carbocycles. The fourth-order valence-corrected chi connectivity index (χ4v) is 3.08. The minimum Gasteiger partial charge on any atom is -0.449 e. The van der Waals surface area contributed by atoms with Gasteiger partial charge in [-0.1, -0.05) is 65.7 Å². The van der Waals surface area contributed by atoms with Crippen LogP contribution in [-0.4, -0.2) is 17.7 Å². The fourth-order valence-electron chi connectivity index (χ4n) is 2.83. The van der Waals surface area contributed by atoms with Crippen LogP contribution in [0.4, 0.5) is 5.69 Å². The van der Waals surface area contributed by atoms with E-state index in [0.717, 1.165) is 0 Å². The van der Waals surface area contributed by atoms with Gasteiger partial charge < -0.3 is 10.1 Å². The number of anilines is 1. The summed E-state index contributed by atoms with van der Waals surface area (Å²) in [7, 11) is 0. The lowest BCUT2D eigenvalue weighted by Crippen LogP contribution is -2.21. The molecule has 3 aromatic rings. The highest BCUT2D eigenvalue weighted by Gasteiger charge is 2.26. The standard InChI is InChI=1S/C24H19Cl2NO4/c25-18-8-6-17(7-9-18)24(23(30)16-4-2-1-3-5-16)31-22(29)15-14-21(28)27-20-12-10-19(26)11-13-20/h1-13,24H,14-15H2,(H,27,28)/t24-/m1/s1. The second-order valence-electron chi connectivity index (χ2n) is 6.71. The van der Waals surface area contributed by atoms with E-state index in [9.17, 15) is 14.4 Å². The Labute approximate surface area is 189 Å². The number of ether oxygens (including phenoxy) is 1. The van der Waals surface area contributed by atoms with Crippen molar-refractivity contribution in [1.29, 1.82) is 0 Å². The summed E-state index contributed by atoms with van der Waals surface area (Å²) in [5.74, 6) is -1.37. The first-order valence-corrected chi connectivity index (χ1v) is 10.3. The minimum atomic E-state index is -1.13. The topological polar surface area (TPSA) is 72.5 Å². The molecule has 158 valence electrons. The van der Waals surface area contributed by atoms with Crippen LogP contribution in [0.2, 0.25) is 10.0 Å². The molecule has 0 aliphatic heterocycles. The molecule has 0 heterocycles. The molecule has 0 aromatic heterocycles. The molecule has 0 aliphatic rings. The average molecular weight is 456 g/mol. The molecule has 7 heteroatoms. The summed E-state index contributed by atoms with van der Waals surface area (Å²) in [6.45, 7) is 0. The monoisotopic (exact) mass is 455 g/mol. The van der Waals surface area contributed by atoms with Crippen LogP contribution in [0.5, 0.6) is 0 Å². The van der Waals surface area contributed by atoms with Gasteiger partial charge in [0.05, 0.1) is 6.42 Å². The molecule has 0 spiro atoms. The number of carbonyl (C=O) groups is 3. The van der Waals surface area contributed by atoms with Gasteiger partial charge in [0.25, 0.3) is 0 Å². The summed E-state index contributed by atoms with van der Waals surface area (Å²) >= 11 is 11.8. The third-order valence-electron chi connectivity index (χ3n) is 4.40. The Morgan fingerprint density at radius 1 is 0.774 bits per heavy atom. The number of rotatable bonds is 8. The van der Waals surface area contributed by atoms with E-state index in [0.29, 0.717) is 26.9 Å². The van der Waals surface area contributed by atoms with Gasteiger partial charge in [-0.15, -0.1) is 0 Å². The van der Waals surface area contributed by atoms with Gasteiger partial charge in [0.2, 0.25) is 11.7 Å². The number of nitrogens with one attached hydrogen (secondary N) is 1. The molecule has 0 bridgehead atoms. The quantitative estimate of drug-likeness (QED) is 0.340. The van der Waals surface area contributed by atoms with E-state index in [1.807, 2.05) is 0 Å². The molecular formula is C24H19Cl2NO4. The number of ketones is 1. The average Bonchev–Trinajstić information content (AvgIpc) is 2.78. The highest BCUT2D eigenvalue weighted by Crippen LogP contribution is 2.25. The van der Waals surface area contributed by atoms with E-state index in [4.69, 9.17) is 27.9 Å². The second kappa shape index (κ2) is 10.8. The molecule has 1 amide bonds. The van der Waals surface area contributed by atoms with Crippen molar-refractivity contribution in [3.05, 3.63) is 100 Å². The first-order valence-electron chi connectivity index (χ1n) is 9.52. The van der Waals surface area contributed by atoms with E-state index in [2.05, 4.69) is 5.32 Å². The Hall–Kier alpha value is -3.15. The minimum absolute atomic E-state index is 0.0890. The number of halogens is 2. The third kappa shape index (κ3) is 6.67. The van der Waals surface area contributed by atoms with Gasteiger partial charge in [0.1, 0.15) is 0 Å². The number of hydrogen-bond acceptors (Lipinski definition) is 4. The number of benzene rings is 3. The Balaban J connectivity index is 1.65. The molecule has 3 aromatic carbocycles. The van der Waals surface area contributed by atoms with Crippen molar-refractivity contribution in [3.8, 4) is 0 Å². The normalized spacial score (nSPS) is 11.4. The predicted molar refractivity (Wildman–Crippen MR) is 120 cm³/mol. The van der Waals surface area contributed by atoms with Gasteiger partial charge in [-0.3, -0.25) is 14.4 Å². The maximum atomic E-state index is 13.0. The van der Waals surface area contributed by atoms with Gasteiger partial charge in [-0.25, -0.2) is 0 Å². The Morgan fingerprint density at radius 3 is 1.97 bits per heavy atom. The summed E-state index contributed by atoms with van der Waals surface area (Å²) < 4.78 is 5.48. The zero-order valence-corrected chi connectivity index (χ0v) is 17.9. The van der Waals surface area contributed by atoms with Gasteiger partial charge in [0, 0.05) is 33.3 Å². The lowest BCUT2D eigenvalue weighted by Gasteiger charge is -2.17. The van der Waals surface area contributed by atoms with Crippen molar-refractivity contribution in [3.63, 3.8) is 0 Å². The van der Waals surface area contributed by atoms with Gasteiger partial charge >= 0.3 is 5.97 Å². The van der Waals surface area contributed by atoms with Crippen LogP contribution >= 0.6 is 23.2 Å². The van der Waals surface area contributed by atoms with Gasteiger partial charge in [-0.2, -0.15) is 0 Å². The van der Waals surface area contributed by atoms with Crippen LogP contribution in [0.1, 0.15) is 34.9 Å². The molecule has 31 heavy (non-hydrogen) atoms. The van der Waals surface area contributed by atoms with Crippen molar-refractivity contribution in [2.45, 2.75) is 18.9 Å². The molecule has 0 radical (unpaired) electrons. The fraction of sp³-hybridized carbons (Fsp3) is 0.125. The molecule has 5 nitrogen and oxygen atoms in total. The molecule has 1 atom stereocenters. The molecule has 3 rings (SSSR count). The Morgan fingerprint density at radius 2 is 1.35 bits per heavy atom. The summed E-state index contributed by atoms with van der Waals surface area (Å²) in [6.07, 6.45) is -1.40. The van der Waals surface area contributed by atoms with Crippen molar-refractivity contribution >= 4 is 46.5 Å². The SMILES string of the molecule is O=C(CCC(=O)O[C@@H](C(=O)c1ccccc1)c1ccc(Cl)cc1)Nc1ccc(Cl)cc1. The number of amides is 1. The van der Waals surface area contributed by atoms with Gasteiger partial charge in [-0.05, 0) is 36.4 Å². The molecule has 0 saturated carbocycles. The van der Waals surface area contributed by atoms with Crippen LogP contribution in [-0.2, 0) is 14.3 Å². The van der Waals surface area contributed by atoms with E-state index in [-0.39, 0.29) is 24.5 Å². The number of Topliss-reactive ketones (excluding diaryl/α,β-unsaturated/α-hetero) is 1. The second-order valence-corrected chi connectivity index (χ2v) is 7.58. The third-order valence-corrected chi connectivity index (χ3v) is 4.91. The van der Waals surface area contributed by atoms with E-state index in [1.54, 1.807) is 78.9 Å². The lowest BCUT2D eigenvalue weighted by molar-refractivity contribution is -0.148. The lowest BCUT2D eigenvalue weighted by atomic mass is 10.00. The highest BCUT2D eigenvalue weighted by atomic mass is 35.5. The van der Waals surface area contributed by atoms with Crippen LogP contribution in [0.15, 0.2) is 78.9 Å². The molecule has 0 fully saturated rings. The number of hydrogen-bond donors (Lipinski definition) is 1. The highest BCUT2D eigenvalue weighted by molar-refractivity contribution is 6.30. The molecule has 0 unspecified atom stereocenters. The smallest absolute Gasteiger partial charge is 0.307 e. The number of carbonyl (C=O) groups excluding carboxylic acids is 3. The van der Waals surface area contributed by atoms with Crippen molar-refractivity contribution in [2.24, 2.45) is 0 Å². The van der Waals surface area contributed by atoms with Crippen LogP contribution in [0.3, 0.4) is 0 Å². The largest absolute Gasteiger partial charge is 0.449 e. The maximum Gasteiger partial charge on any atom is 0.307 e. The summed E-state index contributed by atoms with van der Waals surface area (Å²) in [5.41, 5.74) is 1.48. The van der Waals surface area contributed by atoms with Crippen molar-refractivity contribution in [1.82, 2.24) is 0 Å². The van der Waals surface area contributed by atoms with E-state index >= 15 is 0 Å². The Bertz CT molecular complexity index is 1050. The Kier molecular flexibility index (Phi) is 7.82. The predicted octanol–water partition coefficient (Wildman–Crippen LogP) is 5.88. The zero-order valence-electron chi connectivity index (χ0n) is 16.4. The first-order chi connectivity index (χ1) is 14.9. The van der Waals surface area contributed by atoms with Gasteiger partial charge in [0.15, 0.2) is 6.10 Å². The summed E-state index contributed by atoms with van der Waals surface area (Å²) in [5, 5.41) is 3.73. The molecule has 1 N–H and O–H groups in total. The number of esters is 1. The van der Waals surface area contributed by atoms with E-state index in [1.165, 1.54) is 0 Å². The summed E-state index contributed by atoms with van der Waals surface area (Å²) in [6, 6.07) is 21.7.